The van der Waals surface area contributed by atoms with Gasteiger partial charge >= 0.3 is 0 Å². The second-order valence-corrected chi connectivity index (χ2v) is 3.68. The maximum Gasteiger partial charge on any atom is 0.119 e. The lowest BCUT2D eigenvalue weighted by atomic mass is 10.2. The normalized spacial score (nSPS) is 12.1. The van der Waals surface area contributed by atoms with E-state index in [0.717, 1.165) is 23.4 Å². The summed E-state index contributed by atoms with van der Waals surface area (Å²) in [5, 5.41) is 0. The Labute approximate surface area is 110 Å². The Morgan fingerprint density at radius 1 is 1.28 bits per heavy atom. The van der Waals surface area contributed by atoms with Crippen LogP contribution in [0.15, 0.2) is 41.0 Å². The molecule has 1 aromatic carbocycles. The third-order valence-electron chi connectivity index (χ3n) is 2.26. The van der Waals surface area contributed by atoms with Gasteiger partial charge in [0.15, 0.2) is 0 Å². The summed E-state index contributed by atoms with van der Waals surface area (Å²) in [5.74, 6) is 0.875. The quantitative estimate of drug-likeness (QED) is 0.814. The van der Waals surface area contributed by atoms with Gasteiger partial charge in [0.05, 0.1) is 13.7 Å². The van der Waals surface area contributed by atoms with Crippen molar-refractivity contribution >= 4 is 6.21 Å². The van der Waals surface area contributed by atoms with Crippen LogP contribution in [0.2, 0.25) is 0 Å². The van der Waals surface area contributed by atoms with E-state index in [1.165, 1.54) is 0 Å². The molecule has 0 atom stereocenters. The third kappa shape index (κ3) is 6.21. The summed E-state index contributed by atoms with van der Waals surface area (Å²) in [4.78, 5) is 3.97. The molecule has 1 aliphatic heterocycles. The minimum atomic E-state index is 0. The number of aliphatic imine (C=N–C) groups is 1. The minimum Gasteiger partial charge on any atom is -0.497 e. The molecule has 1 aliphatic rings. The van der Waals surface area contributed by atoms with Gasteiger partial charge in [-0.15, -0.1) is 0 Å². The highest BCUT2D eigenvalue weighted by Crippen LogP contribution is 2.12. The fourth-order valence-electron chi connectivity index (χ4n) is 1.40. The predicted molar refractivity (Wildman–Crippen MR) is 77.3 cm³/mol. The van der Waals surface area contributed by atoms with Crippen LogP contribution in [0.4, 0.5) is 0 Å². The van der Waals surface area contributed by atoms with Crippen LogP contribution in [0.1, 0.15) is 26.3 Å². The number of hydrogen-bond acceptors (Lipinski definition) is 3. The summed E-state index contributed by atoms with van der Waals surface area (Å²) >= 11 is 0. The van der Waals surface area contributed by atoms with Gasteiger partial charge in [-0.05, 0) is 24.6 Å². The molecule has 0 aliphatic carbocycles. The zero-order chi connectivity index (χ0) is 12.5. The van der Waals surface area contributed by atoms with E-state index in [9.17, 15) is 0 Å². The molecular weight excluding hydrogens is 226 g/mol. The van der Waals surface area contributed by atoms with Crippen LogP contribution >= 0.6 is 0 Å². The van der Waals surface area contributed by atoms with Crippen molar-refractivity contribution in [2.45, 2.75) is 27.4 Å². The van der Waals surface area contributed by atoms with Crippen molar-refractivity contribution in [3.63, 3.8) is 0 Å². The van der Waals surface area contributed by atoms with Crippen molar-refractivity contribution in [3.05, 3.63) is 41.6 Å². The predicted octanol–water partition coefficient (Wildman–Crippen LogP) is 3.84. The van der Waals surface area contributed by atoms with Crippen molar-refractivity contribution in [2.75, 3.05) is 14.2 Å². The van der Waals surface area contributed by atoms with Crippen LogP contribution in [-0.4, -0.2) is 20.4 Å². The van der Waals surface area contributed by atoms with E-state index in [2.05, 4.69) is 11.1 Å². The van der Waals surface area contributed by atoms with Crippen LogP contribution in [0.25, 0.3) is 0 Å². The van der Waals surface area contributed by atoms with Crippen LogP contribution in [0.5, 0.6) is 5.75 Å². The lowest BCUT2D eigenvalue weighted by Crippen LogP contribution is -1.88. The zero-order valence-corrected chi connectivity index (χ0v) is 10.6. The molecule has 0 saturated carbocycles. The van der Waals surface area contributed by atoms with E-state index in [-0.39, 0.29) is 7.43 Å². The van der Waals surface area contributed by atoms with E-state index >= 15 is 0 Å². The Morgan fingerprint density at radius 2 is 2.06 bits per heavy atom. The second kappa shape index (κ2) is 9.42. The van der Waals surface area contributed by atoms with E-state index in [1.807, 2.05) is 37.4 Å². The van der Waals surface area contributed by atoms with Gasteiger partial charge in [-0.25, -0.2) is 0 Å². The number of allylic oxidation sites excluding steroid dienone is 2. The first-order valence-corrected chi connectivity index (χ1v) is 5.57. The van der Waals surface area contributed by atoms with Crippen molar-refractivity contribution in [1.82, 2.24) is 0 Å². The summed E-state index contributed by atoms with van der Waals surface area (Å²) < 4.78 is 10.0. The fraction of sp³-hybridized carbons (Fsp3) is 0.400. The standard InChI is InChI=1S/C9H12O2.C5H7N.CH4/c1-10-7-8-4-3-5-9(6-8)11-2;1-5-3-2-4-6-5;/h3-6H,7H2,1-2H3;3-4H,2H2,1H3;1H4. The summed E-state index contributed by atoms with van der Waals surface area (Å²) in [6, 6.07) is 7.84. The van der Waals surface area contributed by atoms with Crippen LogP contribution in [0.3, 0.4) is 0 Å². The lowest BCUT2D eigenvalue weighted by Gasteiger charge is -2.02. The Hall–Kier alpha value is -1.61. The molecule has 0 spiro atoms. The third-order valence-corrected chi connectivity index (χ3v) is 2.26. The van der Waals surface area contributed by atoms with Gasteiger partial charge < -0.3 is 9.47 Å². The SMILES string of the molecule is C.CC1=CCC=N1.COCc1cccc(OC)c1. The van der Waals surface area contributed by atoms with Crippen LogP contribution < -0.4 is 4.74 Å². The summed E-state index contributed by atoms with van der Waals surface area (Å²) in [5.41, 5.74) is 2.28. The Balaban J connectivity index is 0.000000352. The molecule has 100 valence electrons. The molecule has 18 heavy (non-hydrogen) atoms. The second-order valence-electron chi connectivity index (χ2n) is 3.68. The van der Waals surface area contributed by atoms with E-state index in [1.54, 1.807) is 14.2 Å². The van der Waals surface area contributed by atoms with Crippen molar-refractivity contribution in [3.8, 4) is 5.75 Å². The Kier molecular flexibility index (Phi) is 8.58. The van der Waals surface area contributed by atoms with Crippen LogP contribution in [-0.2, 0) is 11.3 Å². The average molecular weight is 249 g/mol. The van der Waals surface area contributed by atoms with Crippen molar-refractivity contribution in [1.29, 1.82) is 0 Å². The van der Waals surface area contributed by atoms with E-state index in [0.29, 0.717) is 6.61 Å². The molecule has 0 amide bonds. The highest BCUT2D eigenvalue weighted by atomic mass is 16.5. The maximum atomic E-state index is 5.05. The van der Waals surface area contributed by atoms with Crippen molar-refractivity contribution < 1.29 is 9.47 Å². The molecule has 0 radical (unpaired) electrons. The molecule has 0 unspecified atom stereocenters. The van der Waals surface area contributed by atoms with Gasteiger partial charge in [0.2, 0.25) is 0 Å². The Morgan fingerprint density at radius 3 is 2.50 bits per heavy atom. The first kappa shape index (κ1) is 16.4. The van der Waals surface area contributed by atoms with Gasteiger partial charge in [0, 0.05) is 25.4 Å². The minimum absolute atomic E-state index is 0. The molecule has 3 heteroatoms. The van der Waals surface area contributed by atoms with Gasteiger partial charge in [-0.3, -0.25) is 4.99 Å². The highest BCUT2D eigenvalue weighted by Gasteiger charge is 1.93. The topological polar surface area (TPSA) is 30.8 Å². The average Bonchev–Trinajstić information content (AvgIpc) is 2.82. The summed E-state index contributed by atoms with van der Waals surface area (Å²) in [6.07, 6.45) is 5.04. The van der Waals surface area contributed by atoms with Gasteiger partial charge in [0.1, 0.15) is 5.75 Å². The maximum absolute atomic E-state index is 5.05. The number of methoxy groups -OCH3 is 2. The molecule has 3 nitrogen and oxygen atoms in total. The molecule has 0 aromatic heterocycles. The number of rotatable bonds is 3. The smallest absolute Gasteiger partial charge is 0.119 e. The van der Waals surface area contributed by atoms with E-state index < -0.39 is 0 Å². The molecule has 0 bridgehead atoms. The number of ether oxygens (including phenoxy) is 2. The first-order valence-electron chi connectivity index (χ1n) is 5.57. The first-order chi connectivity index (χ1) is 8.26. The van der Waals surface area contributed by atoms with Crippen LogP contribution in [0, 0.1) is 0 Å². The monoisotopic (exact) mass is 249 g/mol. The molecule has 0 N–H and O–H groups in total. The molecule has 0 saturated heterocycles. The largest absolute Gasteiger partial charge is 0.497 e. The van der Waals surface area contributed by atoms with E-state index in [4.69, 9.17) is 9.47 Å². The van der Waals surface area contributed by atoms with Gasteiger partial charge in [-0.1, -0.05) is 25.6 Å². The molecule has 0 fully saturated rings. The number of benzene rings is 1. The Bertz CT molecular complexity index is 394. The zero-order valence-electron chi connectivity index (χ0n) is 10.6. The number of nitrogens with zero attached hydrogens (tertiary/aromatic N) is 1. The highest BCUT2D eigenvalue weighted by molar-refractivity contribution is 5.64. The summed E-state index contributed by atoms with van der Waals surface area (Å²) in [7, 11) is 3.34. The lowest BCUT2D eigenvalue weighted by molar-refractivity contribution is 0.184. The number of hydrogen-bond donors (Lipinski definition) is 0. The summed E-state index contributed by atoms with van der Waals surface area (Å²) in [6.45, 7) is 2.64. The van der Waals surface area contributed by atoms with Crippen molar-refractivity contribution in [2.24, 2.45) is 4.99 Å². The molecule has 1 aromatic rings. The molecule has 2 rings (SSSR count). The van der Waals surface area contributed by atoms with Gasteiger partial charge in [-0.2, -0.15) is 0 Å². The fourth-order valence-corrected chi connectivity index (χ4v) is 1.40. The molecular formula is C15H23NO2. The van der Waals surface area contributed by atoms with Gasteiger partial charge in [0.25, 0.3) is 0 Å². The molecule has 1 heterocycles.